The van der Waals surface area contributed by atoms with E-state index in [1.807, 2.05) is 12.1 Å². The van der Waals surface area contributed by atoms with Gasteiger partial charge in [-0.3, -0.25) is 9.59 Å². The summed E-state index contributed by atoms with van der Waals surface area (Å²) in [5.74, 6) is 0.172. The van der Waals surface area contributed by atoms with E-state index in [1.165, 1.54) is 0 Å². The fourth-order valence-electron chi connectivity index (χ4n) is 4.74. The van der Waals surface area contributed by atoms with Crippen molar-refractivity contribution >= 4 is 29.4 Å². The Morgan fingerprint density at radius 3 is 2.88 bits per heavy atom. The van der Waals surface area contributed by atoms with Gasteiger partial charge in [-0.1, -0.05) is 23.7 Å². The molecule has 2 aromatic rings. The molecule has 3 aliphatic rings. The van der Waals surface area contributed by atoms with Crippen molar-refractivity contribution in [3.8, 4) is 11.3 Å². The van der Waals surface area contributed by atoms with Crippen molar-refractivity contribution in [1.29, 1.82) is 0 Å². The topological polar surface area (TPSA) is 108 Å². The van der Waals surface area contributed by atoms with Crippen molar-refractivity contribution in [3.05, 3.63) is 40.5 Å². The Balaban J connectivity index is 1.31. The van der Waals surface area contributed by atoms with Crippen LogP contribution >= 0.6 is 11.6 Å². The summed E-state index contributed by atoms with van der Waals surface area (Å²) in [7, 11) is 0. The number of amides is 2. The fraction of sp³-hybridized carbons (Fsp3) is 0.500. The average Bonchev–Trinajstić information content (AvgIpc) is 3.15. The van der Waals surface area contributed by atoms with Gasteiger partial charge in [-0.05, 0) is 37.3 Å². The van der Waals surface area contributed by atoms with Crippen LogP contribution in [-0.2, 0) is 16.1 Å². The minimum atomic E-state index is -0.491. The van der Waals surface area contributed by atoms with E-state index >= 15 is 0 Å². The quantitative estimate of drug-likeness (QED) is 0.669. The van der Waals surface area contributed by atoms with Gasteiger partial charge in [0.25, 0.3) is 5.91 Å². The summed E-state index contributed by atoms with van der Waals surface area (Å²) in [5, 5.41) is 13.6. The minimum Gasteiger partial charge on any atom is -0.391 e. The Morgan fingerprint density at radius 2 is 2.09 bits per heavy atom. The van der Waals surface area contributed by atoms with Gasteiger partial charge < -0.3 is 25.0 Å². The van der Waals surface area contributed by atoms with Gasteiger partial charge in [0, 0.05) is 50.0 Å². The molecule has 0 aliphatic carbocycles. The molecule has 4 heterocycles. The molecule has 34 heavy (non-hydrogen) atoms. The van der Waals surface area contributed by atoms with Crippen LogP contribution in [0.1, 0.15) is 41.6 Å². The molecule has 3 aliphatic heterocycles. The van der Waals surface area contributed by atoms with Crippen molar-refractivity contribution in [2.45, 2.75) is 44.4 Å². The predicted molar refractivity (Wildman–Crippen MR) is 127 cm³/mol. The molecule has 2 N–H and O–H groups in total. The van der Waals surface area contributed by atoms with Crippen LogP contribution in [0.5, 0.6) is 0 Å². The molecule has 180 valence electrons. The molecular formula is C24H28ClN5O4. The van der Waals surface area contributed by atoms with Crippen LogP contribution in [0.15, 0.2) is 24.4 Å². The number of benzene rings is 1. The number of piperidine rings is 1. The zero-order valence-electron chi connectivity index (χ0n) is 18.9. The number of β-amino-alcohol motifs (C(OH)–C–C–N with tert-alkyl or cyclic N) is 1. The number of halogens is 1. The Morgan fingerprint density at radius 1 is 1.26 bits per heavy atom. The number of hydrogen-bond donors (Lipinski definition) is 2. The van der Waals surface area contributed by atoms with Gasteiger partial charge in [-0.15, -0.1) is 0 Å². The summed E-state index contributed by atoms with van der Waals surface area (Å²) in [6.07, 6.45) is 4.33. The van der Waals surface area contributed by atoms with Crippen molar-refractivity contribution in [2.75, 3.05) is 38.2 Å². The van der Waals surface area contributed by atoms with Crippen molar-refractivity contribution in [1.82, 2.24) is 19.8 Å². The summed E-state index contributed by atoms with van der Waals surface area (Å²) in [5.41, 5.74) is 2.70. The Bertz CT molecular complexity index is 1090. The molecule has 0 bridgehead atoms. The number of anilines is 1. The van der Waals surface area contributed by atoms with Gasteiger partial charge in [0.05, 0.1) is 23.0 Å². The van der Waals surface area contributed by atoms with Gasteiger partial charge in [-0.2, -0.15) is 0 Å². The smallest absolute Gasteiger partial charge is 0.254 e. The summed E-state index contributed by atoms with van der Waals surface area (Å²) in [6, 6.07) is 5.82. The summed E-state index contributed by atoms with van der Waals surface area (Å²) >= 11 is 6.42. The molecule has 1 aromatic heterocycles. The lowest BCUT2D eigenvalue weighted by molar-refractivity contribution is -0.134. The van der Waals surface area contributed by atoms with Crippen LogP contribution in [0.3, 0.4) is 0 Å². The largest absolute Gasteiger partial charge is 0.391 e. The average molecular weight is 486 g/mol. The number of aliphatic hydroxyl groups is 1. The van der Waals surface area contributed by atoms with Crippen LogP contribution in [0.25, 0.3) is 11.3 Å². The molecule has 5 rings (SSSR count). The number of likely N-dealkylation sites (tertiary alicyclic amines) is 1. The second-order valence-corrected chi connectivity index (χ2v) is 9.50. The molecule has 0 saturated carbocycles. The third kappa shape index (κ3) is 4.87. The van der Waals surface area contributed by atoms with Crippen LogP contribution in [0.4, 0.5) is 5.95 Å². The second kappa shape index (κ2) is 9.85. The van der Waals surface area contributed by atoms with Crippen molar-refractivity contribution in [3.63, 3.8) is 0 Å². The van der Waals surface area contributed by atoms with Gasteiger partial charge in [0.1, 0.15) is 6.54 Å². The molecule has 0 unspecified atom stereocenters. The number of rotatable bonds is 5. The van der Waals surface area contributed by atoms with Gasteiger partial charge in [0.2, 0.25) is 11.9 Å². The number of aromatic nitrogens is 2. The second-order valence-electron chi connectivity index (χ2n) is 9.09. The number of carbonyl (C=O) groups is 2. The van der Waals surface area contributed by atoms with E-state index < -0.39 is 6.10 Å². The third-order valence-corrected chi connectivity index (χ3v) is 6.91. The van der Waals surface area contributed by atoms with Gasteiger partial charge in [-0.25, -0.2) is 9.97 Å². The van der Waals surface area contributed by atoms with E-state index in [0.717, 1.165) is 30.4 Å². The third-order valence-electron chi connectivity index (χ3n) is 6.64. The van der Waals surface area contributed by atoms with Crippen molar-refractivity contribution < 1.29 is 19.4 Å². The first-order valence-electron chi connectivity index (χ1n) is 11.7. The molecule has 0 radical (unpaired) electrons. The van der Waals surface area contributed by atoms with Crippen LogP contribution in [0, 0.1) is 0 Å². The maximum Gasteiger partial charge on any atom is 0.254 e. The Kier molecular flexibility index (Phi) is 6.67. The summed E-state index contributed by atoms with van der Waals surface area (Å²) in [4.78, 5) is 37.9. The number of nitrogens with one attached hydrogen (secondary N) is 1. The summed E-state index contributed by atoms with van der Waals surface area (Å²) in [6.45, 7) is 2.75. The first kappa shape index (κ1) is 23.0. The van der Waals surface area contributed by atoms with Crippen LogP contribution < -0.4 is 5.32 Å². The standard InChI is InChI=1S/C24H28ClN5O4/c25-20-11-26-24(27-17-5-8-34-9-6-17)28-22(20)15-3-4-16-12-30(23(33)19(16)10-15)14-21(32)29-7-1-2-18(31)13-29/h3-4,10-11,17-18,31H,1-2,5-9,12-14H2,(H,26,27,28)/t18-/m1/s1. The maximum atomic E-state index is 13.1. The number of carbonyl (C=O) groups excluding carboxylic acids is 2. The monoisotopic (exact) mass is 485 g/mol. The van der Waals surface area contributed by atoms with Gasteiger partial charge in [0.15, 0.2) is 0 Å². The first-order chi connectivity index (χ1) is 16.5. The van der Waals surface area contributed by atoms with Gasteiger partial charge >= 0.3 is 0 Å². The highest BCUT2D eigenvalue weighted by Gasteiger charge is 2.32. The Labute approximate surface area is 203 Å². The lowest BCUT2D eigenvalue weighted by atomic mass is 10.0. The normalized spacial score (nSPS) is 21.0. The molecule has 9 nitrogen and oxygen atoms in total. The highest BCUT2D eigenvalue weighted by atomic mass is 35.5. The number of nitrogens with zero attached hydrogens (tertiary/aromatic N) is 4. The number of hydrogen-bond acceptors (Lipinski definition) is 7. The van der Waals surface area contributed by atoms with Crippen LogP contribution in [0.2, 0.25) is 5.02 Å². The van der Waals surface area contributed by atoms with E-state index in [9.17, 15) is 14.7 Å². The Hall–Kier alpha value is -2.75. The molecule has 2 saturated heterocycles. The number of aliphatic hydroxyl groups excluding tert-OH is 1. The SMILES string of the molecule is O=C(CN1Cc2ccc(-c3nc(NC4CCOCC4)ncc3Cl)cc2C1=O)N1CCC[C@@H](O)C1. The van der Waals surface area contributed by atoms with E-state index in [1.54, 1.807) is 22.1 Å². The lowest BCUT2D eigenvalue weighted by Crippen LogP contribution is -2.46. The van der Waals surface area contributed by atoms with Crippen molar-refractivity contribution in [2.24, 2.45) is 0 Å². The van der Waals surface area contributed by atoms with E-state index in [4.69, 9.17) is 16.3 Å². The molecule has 1 aromatic carbocycles. The molecule has 2 fully saturated rings. The first-order valence-corrected chi connectivity index (χ1v) is 12.1. The maximum absolute atomic E-state index is 13.1. The molecular weight excluding hydrogens is 458 g/mol. The highest BCUT2D eigenvalue weighted by molar-refractivity contribution is 6.33. The predicted octanol–water partition coefficient (Wildman–Crippen LogP) is 2.33. The van der Waals surface area contributed by atoms with E-state index in [-0.39, 0.29) is 24.4 Å². The van der Waals surface area contributed by atoms with E-state index in [2.05, 4.69) is 15.3 Å². The molecule has 2 amide bonds. The number of ether oxygens (including phenoxy) is 1. The summed E-state index contributed by atoms with van der Waals surface area (Å²) < 4.78 is 5.40. The molecule has 10 heteroatoms. The molecule has 1 atom stereocenters. The lowest BCUT2D eigenvalue weighted by Gasteiger charge is -2.31. The van der Waals surface area contributed by atoms with Crippen LogP contribution in [-0.4, -0.2) is 81.7 Å². The van der Waals surface area contributed by atoms with E-state index in [0.29, 0.717) is 61.5 Å². The number of fused-ring (bicyclic) bond motifs is 1. The molecule has 0 spiro atoms. The zero-order valence-corrected chi connectivity index (χ0v) is 19.6. The highest BCUT2D eigenvalue weighted by Crippen LogP contribution is 2.32. The fourth-order valence-corrected chi connectivity index (χ4v) is 4.94. The zero-order chi connectivity index (χ0) is 23.7. The minimum absolute atomic E-state index is 0.00298.